The van der Waals surface area contributed by atoms with Crippen molar-refractivity contribution in [3.05, 3.63) is 54.6 Å². The van der Waals surface area contributed by atoms with E-state index >= 15 is 0 Å². The average Bonchev–Trinajstić information content (AvgIpc) is 2.62. The van der Waals surface area contributed by atoms with E-state index in [1.54, 1.807) is 24.3 Å². The lowest BCUT2D eigenvalue weighted by Crippen LogP contribution is -2.48. The smallest absolute Gasteiger partial charge is 0.246 e. The maximum absolute atomic E-state index is 12.8. The van der Waals surface area contributed by atoms with Crippen molar-refractivity contribution in [1.29, 1.82) is 0 Å². The molecule has 5 nitrogen and oxygen atoms in total. The summed E-state index contributed by atoms with van der Waals surface area (Å²) >= 11 is 0. The maximum Gasteiger partial charge on any atom is 0.246 e. The van der Waals surface area contributed by atoms with Crippen LogP contribution in [0, 0.1) is 0 Å². The van der Waals surface area contributed by atoms with E-state index in [9.17, 15) is 8.42 Å². The van der Waals surface area contributed by atoms with Crippen LogP contribution in [0.3, 0.4) is 0 Å². The van der Waals surface area contributed by atoms with Crippen LogP contribution in [0.4, 0.5) is 5.69 Å². The molecule has 0 saturated carbocycles. The topological polar surface area (TPSA) is 49.9 Å². The predicted octanol–water partition coefficient (Wildman–Crippen LogP) is 2.21. The third-order valence-corrected chi connectivity index (χ3v) is 5.98. The summed E-state index contributed by atoms with van der Waals surface area (Å²) in [4.78, 5) is 2.43. The molecule has 122 valence electrons. The van der Waals surface area contributed by atoms with Crippen molar-refractivity contribution in [2.75, 3.05) is 38.2 Å². The Morgan fingerprint density at radius 2 is 1.48 bits per heavy atom. The normalized spacial score (nSPS) is 16.3. The predicted molar refractivity (Wildman–Crippen MR) is 90.4 cm³/mol. The van der Waals surface area contributed by atoms with Gasteiger partial charge in [0.1, 0.15) is 10.6 Å². The summed E-state index contributed by atoms with van der Waals surface area (Å²) in [5.41, 5.74) is 1.13. The summed E-state index contributed by atoms with van der Waals surface area (Å²) in [5.74, 6) is 0.387. The number of hydrogen-bond donors (Lipinski definition) is 0. The Labute approximate surface area is 137 Å². The monoisotopic (exact) mass is 332 g/mol. The van der Waals surface area contributed by atoms with Crippen molar-refractivity contribution in [2.24, 2.45) is 0 Å². The number of para-hydroxylation sites is 2. The van der Waals surface area contributed by atoms with Crippen molar-refractivity contribution in [2.45, 2.75) is 4.90 Å². The first kappa shape index (κ1) is 15.8. The summed E-state index contributed by atoms with van der Waals surface area (Å²) in [5, 5.41) is 0. The number of hydrogen-bond acceptors (Lipinski definition) is 4. The van der Waals surface area contributed by atoms with Gasteiger partial charge in [0.05, 0.1) is 7.11 Å². The van der Waals surface area contributed by atoms with E-state index in [-0.39, 0.29) is 4.90 Å². The second kappa shape index (κ2) is 6.60. The van der Waals surface area contributed by atoms with Gasteiger partial charge in [0.15, 0.2) is 0 Å². The van der Waals surface area contributed by atoms with Gasteiger partial charge in [0.2, 0.25) is 10.0 Å². The third-order valence-electron chi connectivity index (χ3n) is 4.05. The van der Waals surface area contributed by atoms with Crippen LogP contribution in [0.25, 0.3) is 0 Å². The van der Waals surface area contributed by atoms with Crippen LogP contribution >= 0.6 is 0 Å². The van der Waals surface area contributed by atoms with Crippen LogP contribution in [0.1, 0.15) is 0 Å². The lowest BCUT2D eigenvalue weighted by molar-refractivity contribution is 0.374. The molecule has 0 N–H and O–H groups in total. The molecule has 0 aliphatic carbocycles. The molecule has 1 aliphatic rings. The standard InChI is InChI=1S/C17H20N2O3S/c1-22-16-9-5-6-10-17(16)23(20,21)19-13-11-18(12-14-19)15-7-3-2-4-8-15/h2-10H,11-14H2,1H3. The number of ether oxygens (including phenoxy) is 1. The van der Waals surface area contributed by atoms with Crippen molar-refractivity contribution in [3.8, 4) is 5.75 Å². The van der Waals surface area contributed by atoms with E-state index in [1.165, 1.54) is 11.4 Å². The van der Waals surface area contributed by atoms with Crippen molar-refractivity contribution >= 4 is 15.7 Å². The summed E-state index contributed by atoms with van der Waals surface area (Å²) in [6, 6.07) is 16.8. The Kier molecular flexibility index (Phi) is 4.54. The number of piperazine rings is 1. The second-order valence-electron chi connectivity index (χ2n) is 5.38. The average molecular weight is 332 g/mol. The first-order valence-electron chi connectivity index (χ1n) is 7.56. The Morgan fingerprint density at radius 3 is 2.13 bits per heavy atom. The van der Waals surface area contributed by atoms with Gasteiger partial charge in [-0.05, 0) is 24.3 Å². The van der Waals surface area contributed by atoms with Crippen LogP contribution in [-0.2, 0) is 10.0 Å². The number of anilines is 1. The molecule has 0 amide bonds. The highest BCUT2D eigenvalue weighted by atomic mass is 32.2. The van der Waals surface area contributed by atoms with Gasteiger partial charge in [-0.3, -0.25) is 0 Å². The molecule has 3 rings (SSSR count). The quantitative estimate of drug-likeness (QED) is 0.861. The number of rotatable bonds is 4. The van der Waals surface area contributed by atoms with E-state index in [0.717, 1.165) is 5.69 Å². The third kappa shape index (κ3) is 3.18. The zero-order valence-electron chi connectivity index (χ0n) is 13.1. The molecule has 2 aromatic carbocycles. The van der Waals surface area contributed by atoms with Gasteiger partial charge in [0.25, 0.3) is 0 Å². The van der Waals surface area contributed by atoms with E-state index < -0.39 is 10.0 Å². The van der Waals surface area contributed by atoms with Crippen molar-refractivity contribution in [3.63, 3.8) is 0 Å². The molecule has 1 heterocycles. The fourth-order valence-electron chi connectivity index (χ4n) is 2.80. The SMILES string of the molecule is COc1ccccc1S(=O)(=O)N1CCN(c2ccccc2)CC1. The highest BCUT2D eigenvalue weighted by molar-refractivity contribution is 7.89. The van der Waals surface area contributed by atoms with Gasteiger partial charge in [-0.2, -0.15) is 4.31 Å². The molecule has 0 atom stereocenters. The van der Waals surface area contributed by atoms with Crippen molar-refractivity contribution in [1.82, 2.24) is 4.31 Å². The molecule has 1 fully saturated rings. The van der Waals surface area contributed by atoms with Crippen LogP contribution in [0.2, 0.25) is 0 Å². The van der Waals surface area contributed by atoms with Gasteiger partial charge < -0.3 is 9.64 Å². The first-order valence-corrected chi connectivity index (χ1v) is 9.00. The molecular weight excluding hydrogens is 312 g/mol. The van der Waals surface area contributed by atoms with Crippen LogP contribution in [0.5, 0.6) is 5.75 Å². The minimum Gasteiger partial charge on any atom is -0.495 e. The summed E-state index contributed by atoms with van der Waals surface area (Å²) in [6.07, 6.45) is 0. The van der Waals surface area contributed by atoms with E-state index in [1.807, 2.05) is 30.3 Å². The van der Waals surface area contributed by atoms with Gasteiger partial charge in [-0.15, -0.1) is 0 Å². The first-order chi connectivity index (χ1) is 11.1. The van der Waals surface area contributed by atoms with E-state index in [2.05, 4.69) is 4.90 Å². The Bertz CT molecular complexity index is 754. The molecule has 0 unspecified atom stereocenters. The zero-order chi connectivity index (χ0) is 16.3. The van der Waals surface area contributed by atoms with Crippen LogP contribution < -0.4 is 9.64 Å². The molecule has 0 spiro atoms. The molecule has 6 heteroatoms. The fraction of sp³-hybridized carbons (Fsp3) is 0.294. The fourth-order valence-corrected chi connectivity index (χ4v) is 4.37. The molecule has 1 aliphatic heterocycles. The van der Waals surface area contributed by atoms with E-state index in [0.29, 0.717) is 31.9 Å². The number of benzene rings is 2. The highest BCUT2D eigenvalue weighted by Gasteiger charge is 2.30. The van der Waals surface area contributed by atoms with Gasteiger partial charge in [0, 0.05) is 31.9 Å². The molecule has 0 bridgehead atoms. The van der Waals surface area contributed by atoms with Crippen LogP contribution in [-0.4, -0.2) is 46.0 Å². The molecule has 1 saturated heterocycles. The largest absolute Gasteiger partial charge is 0.495 e. The van der Waals surface area contributed by atoms with Gasteiger partial charge >= 0.3 is 0 Å². The lowest BCUT2D eigenvalue weighted by atomic mass is 10.2. The maximum atomic E-state index is 12.8. The molecule has 23 heavy (non-hydrogen) atoms. The zero-order valence-corrected chi connectivity index (χ0v) is 13.9. The summed E-state index contributed by atoms with van der Waals surface area (Å²) < 4.78 is 32.4. The summed E-state index contributed by atoms with van der Waals surface area (Å²) in [6.45, 7) is 2.29. The molecule has 0 radical (unpaired) electrons. The lowest BCUT2D eigenvalue weighted by Gasteiger charge is -2.35. The Morgan fingerprint density at radius 1 is 0.870 bits per heavy atom. The number of methoxy groups -OCH3 is 1. The molecular formula is C17H20N2O3S. The van der Waals surface area contributed by atoms with Crippen LogP contribution in [0.15, 0.2) is 59.5 Å². The highest BCUT2D eigenvalue weighted by Crippen LogP contribution is 2.27. The summed E-state index contributed by atoms with van der Waals surface area (Å²) in [7, 11) is -2.04. The molecule has 2 aromatic rings. The van der Waals surface area contributed by atoms with Gasteiger partial charge in [-0.1, -0.05) is 30.3 Å². The minimum atomic E-state index is -3.53. The Hall–Kier alpha value is -2.05. The van der Waals surface area contributed by atoms with Crippen molar-refractivity contribution < 1.29 is 13.2 Å². The second-order valence-corrected chi connectivity index (χ2v) is 7.28. The Balaban J connectivity index is 1.76. The minimum absolute atomic E-state index is 0.232. The number of sulfonamides is 1. The van der Waals surface area contributed by atoms with E-state index in [4.69, 9.17) is 4.74 Å². The number of nitrogens with zero attached hydrogens (tertiary/aromatic N) is 2. The molecule has 0 aromatic heterocycles. The van der Waals surface area contributed by atoms with Gasteiger partial charge in [-0.25, -0.2) is 8.42 Å².